The highest BCUT2D eigenvalue weighted by atomic mass is 79.9. The number of halogens is 1. The fraction of sp³-hybridized carbons (Fsp3) is 0.273. The molecule has 1 aromatic heterocycles. The summed E-state index contributed by atoms with van der Waals surface area (Å²) in [6.07, 6.45) is 0.638. The molecule has 0 fully saturated rings. The monoisotopic (exact) mass is 295 g/mol. The molecule has 0 unspecified atom stereocenters. The topological polar surface area (TPSA) is 68.9 Å². The number of nitro benzene ring substituents is 1. The van der Waals surface area contributed by atoms with E-state index in [9.17, 15) is 10.1 Å². The van der Waals surface area contributed by atoms with Gasteiger partial charge in [0.05, 0.1) is 4.92 Å². The molecule has 0 saturated heterocycles. The molecule has 0 aliphatic rings. The molecule has 6 heteroatoms. The van der Waals surface area contributed by atoms with Crippen LogP contribution in [0.3, 0.4) is 0 Å². The van der Waals surface area contributed by atoms with Crippen LogP contribution in [0.5, 0.6) is 0 Å². The summed E-state index contributed by atoms with van der Waals surface area (Å²) in [7, 11) is 0. The lowest BCUT2D eigenvalue weighted by molar-refractivity contribution is -0.383. The Morgan fingerprint density at radius 2 is 2.12 bits per heavy atom. The number of nitro groups is 1. The molecular formula is C11H10BrN3O2. The smallest absolute Gasteiger partial charge is 0.258 e. The first-order valence-electron chi connectivity index (χ1n) is 5.14. The molecule has 0 spiro atoms. The van der Waals surface area contributed by atoms with E-state index < -0.39 is 4.92 Å². The summed E-state index contributed by atoms with van der Waals surface area (Å²) in [4.78, 5) is 19.1. The maximum absolute atomic E-state index is 11.0. The maximum Gasteiger partial charge on any atom is 0.295 e. The SMILES string of the molecule is CCc1nc(Br)c2cc(C)cc([N+](=O)[O-])c2n1. The van der Waals surface area contributed by atoms with E-state index in [-0.39, 0.29) is 5.69 Å². The van der Waals surface area contributed by atoms with E-state index in [1.165, 1.54) is 6.07 Å². The molecule has 1 heterocycles. The minimum atomic E-state index is -0.409. The second-order valence-corrected chi connectivity index (χ2v) is 4.47. The molecule has 0 N–H and O–H groups in total. The number of aromatic nitrogens is 2. The van der Waals surface area contributed by atoms with E-state index >= 15 is 0 Å². The minimum absolute atomic E-state index is 0.0257. The van der Waals surface area contributed by atoms with Crippen LogP contribution in [-0.4, -0.2) is 14.9 Å². The fourth-order valence-corrected chi connectivity index (χ4v) is 2.17. The number of nitrogens with zero attached hydrogens (tertiary/aromatic N) is 3. The van der Waals surface area contributed by atoms with Gasteiger partial charge in [-0.3, -0.25) is 10.1 Å². The first-order chi connectivity index (χ1) is 8.02. The lowest BCUT2D eigenvalue weighted by Gasteiger charge is -2.05. The van der Waals surface area contributed by atoms with Gasteiger partial charge in [-0.15, -0.1) is 0 Å². The number of non-ortho nitro benzene ring substituents is 1. The number of aryl methyl sites for hydroxylation is 2. The van der Waals surface area contributed by atoms with Gasteiger partial charge in [-0.2, -0.15) is 0 Å². The van der Waals surface area contributed by atoms with Crippen molar-refractivity contribution in [2.45, 2.75) is 20.3 Å². The summed E-state index contributed by atoms with van der Waals surface area (Å²) >= 11 is 3.33. The highest BCUT2D eigenvalue weighted by Gasteiger charge is 2.17. The van der Waals surface area contributed by atoms with Gasteiger partial charge in [0, 0.05) is 17.9 Å². The number of rotatable bonds is 2. The molecule has 0 aliphatic carbocycles. The van der Waals surface area contributed by atoms with Gasteiger partial charge in [-0.25, -0.2) is 9.97 Å². The Labute approximate surface area is 106 Å². The Morgan fingerprint density at radius 1 is 1.41 bits per heavy atom. The number of benzene rings is 1. The third kappa shape index (κ3) is 2.12. The third-order valence-electron chi connectivity index (χ3n) is 2.44. The molecule has 0 aliphatic heterocycles. The van der Waals surface area contributed by atoms with Crippen molar-refractivity contribution in [3.05, 3.63) is 38.2 Å². The normalized spacial score (nSPS) is 10.8. The van der Waals surface area contributed by atoms with Gasteiger partial charge in [0.2, 0.25) is 0 Å². The molecule has 0 atom stereocenters. The molecule has 2 aromatic rings. The van der Waals surface area contributed by atoms with Gasteiger partial charge >= 0.3 is 0 Å². The van der Waals surface area contributed by atoms with Gasteiger partial charge in [0.15, 0.2) is 5.52 Å². The minimum Gasteiger partial charge on any atom is -0.258 e. The van der Waals surface area contributed by atoms with Crippen molar-refractivity contribution in [1.29, 1.82) is 0 Å². The Balaban J connectivity index is 2.89. The molecule has 0 bridgehead atoms. The molecule has 1 aromatic carbocycles. The van der Waals surface area contributed by atoms with Crippen LogP contribution >= 0.6 is 15.9 Å². The fourth-order valence-electron chi connectivity index (χ4n) is 1.66. The van der Waals surface area contributed by atoms with Crippen molar-refractivity contribution < 1.29 is 4.92 Å². The third-order valence-corrected chi connectivity index (χ3v) is 3.04. The van der Waals surface area contributed by atoms with Crippen LogP contribution in [0, 0.1) is 17.0 Å². The second-order valence-electron chi connectivity index (χ2n) is 3.72. The summed E-state index contributed by atoms with van der Waals surface area (Å²) in [5.74, 6) is 0.594. The van der Waals surface area contributed by atoms with Crippen LogP contribution in [0.1, 0.15) is 18.3 Å². The summed E-state index contributed by atoms with van der Waals surface area (Å²) < 4.78 is 0.603. The van der Waals surface area contributed by atoms with E-state index in [0.717, 1.165) is 5.56 Å². The van der Waals surface area contributed by atoms with Crippen LogP contribution in [0.25, 0.3) is 10.9 Å². The Morgan fingerprint density at radius 3 is 2.71 bits per heavy atom. The van der Waals surface area contributed by atoms with E-state index in [4.69, 9.17) is 0 Å². The molecule has 2 rings (SSSR count). The van der Waals surface area contributed by atoms with Crippen LogP contribution in [0.2, 0.25) is 0 Å². The lowest BCUT2D eigenvalue weighted by Crippen LogP contribution is -1.99. The van der Waals surface area contributed by atoms with Crippen molar-refractivity contribution in [1.82, 2.24) is 9.97 Å². The zero-order valence-electron chi connectivity index (χ0n) is 9.40. The van der Waals surface area contributed by atoms with E-state index in [2.05, 4.69) is 25.9 Å². The molecule has 0 saturated carbocycles. The maximum atomic E-state index is 11.0. The average molecular weight is 296 g/mol. The largest absolute Gasteiger partial charge is 0.295 e. The zero-order valence-corrected chi connectivity index (χ0v) is 11.0. The molecular weight excluding hydrogens is 286 g/mol. The average Bonchev–Trinajstić information content (AvgIpc) is 2.28. The molecule has 5 nitrogen and oxygen atoms in total. The highest BCUT2D eigenvalue weighted by molar-refractivity contribution is 9.10. The van der Waals surface area contributed by atoms with Crippen LogP contribution < -0.4 is 0 Å². The van der Waals surface area contributed by atoms with Crippen molar-refractivity contribution in [2.75, 3.05) is 0 Å². The predicted octanol–water partition coefficient (Wildman–Crippen LogP) is 3.17. The van der Waals surface area contributed by atoms with Crippen molar-refractivity contribution in [2.24, 2.45) is 0 Å². The van der Waals surface area contributed by atoms with Crippen LogP contribution in [0.4, 0.5) is 5.69 Å². The van der Waals surface area contributed by atoms with Gasteiger partial charge in [-0.05, 0) is 34.5 Å². The standard InChI is InChI=1S/C11H10BrN3O2/c1-3-9-13-10-7(11(12)14-9)4-6(2)5-8(10)15(16)17/h4-5H,3H2,1-2H3. The van der Waals surface area contributed by atoms with Gasteiger partial charge in [0.1, 0.15) is 10.4 Å². The Bertz CT molecular complexity index is 613. The number of fused-ring (bicyclic) bond motifs is 1. The Hall–Kier alpha value is -1.56. The summed E-state index contributed by atoms with van der Waals surface area (Å²) in [6, 6.07) is 3.37. The quantitative estimate of drug-likeness (QED) is 0.485. The highest BCUT2D eigenvalue weighted by Crippen LogP contribution is 2.29. The molecule has 0 radical (unpaired) electrons. The van der Waals surface area contributed by atoms with Crippen molar-refractivity contribution >= 4 is 32.5 Å². The predicted molar refractivity (Wildman–Crippen MR) is 68.0 cm³/mol. The zero-order chi connectivity index (χ0) is 12.6. The molecule has 17 heavy (non-hydrogen) atoms. The van der Waals surface area contributed by atoms with Gasteiger partial charge in [0.25, 0.3) is 5.69 Å². The molecule has 0 amide bonds. The van der Waals surface area contributed by atoms with Gasteiger partial charge < -0.3 is 0 Å². The lowest BCUT2D eigenvalue weighted by atomic mass is 10.1. The summed E-state index contributed by atoms with van der Waals surface area (Å²) in [6.45, 7) is 3.72. The molecule has 88 valence electrons. The van der Waals surface area contributed by atoms with E-state index in [1.807, 2.05) is 19.9 Å². The second kappa shape index (κ2) is 4.37. The number of hydrogen-bond acceptors (Lipinski definition) is 4. The van der Waals surface area contributed by atoms with E-state index in [0.29, 0.717) is 27.8 Å². The first-order valence-corrected chi connectivity index (χ1v) is 5.93. The Kier molecular flexibility index (Phi) is 3.06. The van der Waals surface area contributed by atoms with Gasteiger partial charge in [-0.1, -0.05) is 6.92 Å². The van der Waals surface area contributed by atoms with Crippen LogP contribution in [0.15, 0.2) is 16.7 Å². The summed E-state index contributed by atoms with van der Waals surface area (Å²) in [5, 5.41) is 11.7. The van der Waals surface area contributed by atoms with Crippen molar-refractivity contribution in [3.8, 4) is 0 Å². The first kappa shape index (κ1) is 11.9. The van der Waals surface area contributed by atoms with E-state index in [1.54, 1.807) is 0 Å². The summed E-state index contributed by atoms with van der Waals surface area (Å²) in [5.41, 5.74) is 1.23. The van der Waals surface area contributed by atoms with Crippen molar-refractivity contribution in [3.63, 3.8) is 0 Å². The van der Waals surface area contributed by atoms with Crippen LogP contribution in [-0.2, 0) is 6.42 Å². The number of hydrogen-bond donors (Lipinski definition) is 0.